The summed E-state index contributed by atoms with van der Waals surface area (Å²) >= 11 is 4.94. The Morgan fingerprint density at radius 1 is 1.12 bits per heavy atom. The van der Waals surface area contributed by atoms with Crippen molar-refractivity contribution in [1.29, 1.82) is 0 Å². The van der Waals surface area contributed by atoms with Gasteiger partial charge in [0.1, 0.15) is 6.54 Å². The fraction of sp³-hybridized carbons (Fsp3) is 0.105. The molecule has 122 valence electrons. The summed E-state index contributed by atoms with van der Waals surface area (Å²) in [5.74, 6) is -0.859. The molecule has 24 heavy (non-hydrogen) atoms. The zero-order valence-corrected chi connectivity index (χ0v) is 15.5. The van der Waals surface area contributed by atoms with Gasteiger partial charge in [0.2, 0.25) is 0 Å². The second kappa shape index (κ2) is 7.28. The molecule has 0 aliphatic heterocycles. The Bertz CT molecular complexity index is 872. The molecule has 3 aromatic rings. The van der Waals surface area contributed by atoms with Crippen molar-refractivity contribution in [2.24, 2.45) is 0 Å². The number of rotatable bonds is 5. The third-order valence-corrected chi connectivity index (χ3v) is 5.00. The maximum Gasteiger partial charge on any atom is 0.324 e. The highest BCUT2D eigenvalue weighted by molar-refractivity contribution is 9.10. The average molecular weight is 402 g/mol. The minimum atomic E-state index is -0.859. The molecule has 0 unspecified atom stereocenters. The smallest absolute Gasteiger partial charge is 0.324 e. The summed E-state index contributed by atoms with van der Waals surface area (Å²) in [6.07, 6.45) is 0. The van der Waals surface area contributed by atoms with Crippen LogP contribution in [0.4, 0.5) is 5.69 Å². The van der Waals surface area contributed by atoms with Crippen LogP contribution in [0.5, 0.6) is 0 Å². The van der Waals surface area contributed by atoms with E-state index >= 15 is 0 Å². The molecule has 0 atom stereocenters. The molecule has 3 aromatic carbocycles. The number of aliphatic carboxylic acids is 1. The molecule has 0 bridgehead atoms. The molecular weight excluding hydrogens is 386 g/mol. The highest BCUT2D eigenvalue weighted by Gasteiger charge is 2.15. The van der Waals surface area contributed by atoms with Crippen LogP contribution in [0.1, 0.15) is 5.56 Å². The van der Waals surface area contributed by atoms with Gasteiger partial charge in [-0.1, -0.05) is 52.3 Å². The summed E-state index contributed by atoms with van der Waals surface area (Å²) in [5, 5.41) is 11.5. The van der Waals surface area contributed by atoms with Gasteiger partial charge in [0.15, 0.2) is 0 Å². The molecule has 0 saturated heterocycles. The highest BCUT2D eigenvalue weighted by Crippen LogP contribution is 2.35. The molecule has 3 nitrogen and oxygen atoms in total. The summed E-state index contributed by atoms with van der Waals surface area (Å²) in [7, 11) is 0. The largest absolute Gasteiger partial charge is 0.480 e. The second-order valence-corrected chi connectivity index (χ2v) is 7.49. The van der Waals surface area contributed by atoms with Crippen LogP contribution in [0.15, 0.2) is 70.0 Å². The monoisotopic (exact) mass is 401 g/mol. The normalized spacial score (nSPS) is 10.8. The molecule has 0 aliphatic carbocycles. The van der Waals surface area contributed by atoms with Gasteiger partial charge < -0.3 is 9.41 Å². The van der Waals surface area contributed by atoms with Crippen LogP contribution >= 0.6 is 27.9 Å². The lowest BCUT2D eigenvalue weighted by Gasteiger charge is -2.23. The van der Waals surface area contributed by atoms with Gasteiger partial charge in [0.05, 0.1) is 5.69 Å². The van der Waals surface area contributed by atoms with E-state index < -0.39 is 5.97 Å². The number of aryl methyl sites for hydroxylation is 1. The number of benzene rings is 3. The molecule has 0 spiro atoms. The van der Waals surface area contributed by atoms with E-state index in [1.54, 1.807) is 0 Å². The number of hydrogen-bond acceptors (Lipinski definition) is 3. The van der Waals surface area contributed by atoms with Crippen LogP contribution in [-0.2, 0) is 4.79 Å². The maximum atomic E-state index is 11.4. The average Bonchev–Trinajstić information content (AvgIpc) is 2.52. The standard InChI is InChI=1S/C19H16BrNO2S/c1-13-9-15(20)11-16(10-13)24-21(12-19(22)23)18-8-4-6-14-5-2-3-7-17(14)18/h2-11H,12H2,1H3,(H,22,23). The number of fused-ring (bicyclic) bond motifs is 1. The first-order chi connectivity index (χ1) is 11.5. The number of halogens is 1. The number of hydrogen-bond donors (Lipinski definition) is 1. The summed E-state index contributed by atoms with van der Waals surface area (Å²) in [6.45, 7) is 1.94. The first kappa shape index (κ1) is 16.9. The highest BCUT2D eigenvalue weighted by atomic mass is 79.9. The molecular formula is C19H16BrNO2S. The molecule has 0 radical (unpaired) electrons. The van der Waals surface area contributed by atoms with E-state index in [2.05, 4.69) is 22.0 Å². The second-order valence-electron chi connectivity index (χ2n) is 5.48. The van der Waals surface area contributed by atoms with E-state index in [1.165, 1.54) is 11.9 Å². The van der Waals surface area contributed by atoms with E-state index in [4.69, 9.17) is 0 Å². The van der Waals surface area contributed by atoms with Gasteiger partial charge in [-0.15, -0.1) is 0 Å². The van der Waals surface area contributed by atoms with Crippen LogP contribution in [0.3, 0.4) is 0 Å². The first-order valence-corrected chi connectivity index (χ1v) is 9.02. The Morgan fingerprint density at radius 2 is 1.88 bits per heavy atom. The molecule has 0 heterocycles. The predicted octanol–water partition coefficient (Wildman–Crippen LogP) is 5.51. The summed E-state index contributed by atoms with van der Waals surface area (Å²) < 4.78 is 2.81. The molecule has 0 aromatic heterocycles. The van der Waals surface area contributed by atoms with Gasteiger partial charge in [0, 0.05) is 14.8 Å². The molecule has 1 N–H and O–H groups in total. The number of anilines is 1. The Labute approximate surface area is 153 Å². The topological polar surface area (TPSA) is 40.5 Å². The van der Waals surface area contributed by atoms with Crippen molar-refractivity contribution in [1.82, 2.24) is 0 Å². The molecule has 5 heteroatoms. The Morgan fingerprint density at radius 3 is 2.62 bits per heavy atom. The van der Waals surface area contributed by atoms with Crippen molar-refractivity contribution >= 4 is 50.3 Å². The van der Waals surface area contributed by atoms with Gasteiger partial charge in [-0.3, -0.25) is 4.79 Å². The minimum absolute atomic E-state index is 0.0791. The third-order valence-electron chi connectivity index (χ3n) is 3.55. The van der Waals surface area contributed by atoms with Crippen molar-refractivity contribution in [3.8, 4) is 0 Å². The quantitative estimate of drug-likeness (QED) is 0.572. The lowest BCUT2D eigenvalue weighted by atomic mass is 10.1. The van der Waals surface area contributed by atoms with Crippen molar-refractivity contribution in [2.45, 2.75) is 11.8 Å². The zero-order valence-electron chi connectivity index (χ0n) is 13.1. The number of nitrogens with zero attached hydrogens (tertiary/aromatic N) is 1. The van der Waals surface area contributed by atoms with Crippen molar-refractivity contribution in [3.05, 3.63) is 70.7 Å². The van der Waals surface area contributed by atoms with Crippen LogP contribution in [0, 0.1) is 6.92 Å². The van der Waals surface area contributed by atoms with Crippen LogP contribution in [0.25, 0.3) is 10.8 Å². The van der Waals surface area contributed by atoms with Gasteiger partial charge in [-0.2, -0.15) is 0 Å². The zero-order chi connectivity index (χ0) is 17.1. The van der Waals surface area contributed by atoms with Crippen molar-refractivity contribution in [2.75, 3.05) is 10.8 Å². The molecule has 0 aliphatic rings. The Kier molecular flexibility index (Phi) is 5.11. The minimum Gasteiger partial charge on any atom is -0.480 e. The predicted molar refractivity (Wildman–Crippen MR) is 104 cm³/mol. The van der Waals surface area contributed by atoms with E-state index in [0.717, 1.165) is 31.4 Å². The first-order valence-electron chi connectivity index (χ1n) is 7.45. The Hall–Kier alpha value is -1.98. The van der Waals surface area contributed by atoms with Crippen LogP contribution < -0.4 is 4.31 Å². The van der Waals surface area contributed by atoms with Gasteiger partial charge in [-0.05, 0) is 54.1 Å². The van der Waals surface area contributed by atoms with Gasteiger partial charge in [0.25, 0.3) is 0 Å². The number of carboxylic acids is 1. The maximum absolute atomic E-state index is 11.4. The molecule has 0 amide bonds. The van der Waals surface area contributed by atoms with Crippen LogP contribution in [-0.4, -0.2) is 17.6 Å². The van der Waals surface area contributed by atoms with E-state index in [9.17, 15) is 9.90 Å². The van der Waals surface area contributed by atoms with Crippen molar-refractivity contribution < 1.29 is 9.90 Å². The number of carboxylic acid groups (broad SMARTS) is 1. The lowest BCUT2D eigenvalue weighted by Crippen LogP contribution is -2.23. The third kappa shape index (κ3) is 3.91. The van der Waals surface area contributed by atoms with E-state index in [0.29, 0.717) is 0 Å². The van der Waals surface area contributed by atoms with Gasteiger partial charge in [-0.25, -0.2) is 0 Å². The number of carbonyl (C=O) groups is 1. The summed E-state index contributed by atoms with van der Waals surface area (Å²) in [4.78, 5) is 12.4. The van der Waals surface area contributed by atoms with Gasteiger partial charge >= 0.3 is 5.97 Å². The molecule has 3 rings (SSSR count). The van der Waals surface area contributed by atoms with Crippen LogP contribution in [0.2, 0.25) is 0 Å². The molecule has 0 saturated carbocycles. The van der Waals surface area contributed by atoms with E-state index in [1.807, 2.05) is 65.8 Å². The van der Waals surface area contributed by atoms with E-state index in [-0.39, 0.29) is 6.54 Å². The fourth-order valence-electron chi connectivity index (χ4n) is 2.60. The SMILES string of the molecule is Cc1cc(Br)cc(SN(CC(=O)O)c2cccc3ccccc23)c1. The Balaban J connectivity index is 2.04. The summed E-state index contributed by atoms with van der Waals surface area (Å²) in [5.41, 5.74) is 2.03. The van der Waals surface area contributed by atoms with Crippen molar-refractivity contribution in [3.63, 3.8) is 0 Å². The summed E-state index contributed by atoms with van der Waals surface area (Å²) in [6, 6.07) is 20.0. The fourth-order valence-corrected chi connectivity index (χ4v) is 4.46. The molecule has 0 fully saturated rings. The lowest BCUT2D eigenvalue weighted by molar-refractivity contribution is -0.135.